The number of nitrogens with one attached hydrogen (secondary N) is 1. The van der Waals surface area contributed by atoms with Crippen molar-refractivity contribution < 1.29 is 14.9 Å². The minimum Gasteiger partial charge on any atom is -0.508 e. The average molecular weight is 440 g/mol. The number of aliphatic hydroxyl groups excluding tert-OH is 1. The molecule has 0 aliphatic rings. The number of aromatic hydroxyl groups is 1. The Bertz CT molecular complexity index is 972. The zero-order valence-electron chi connectivity index (χ0n) is 17.9. The molecule has 2 aromatic carbocycles. The van der Waals surface area contributed by atoms with Gasteiger partial charge in [0.2, 0.25) is 0 Å². The highest BCUT2D eigenvalue weighted by Crippen LogP contribution is 2.21. The molecule has 2 unspecified atom stereocenters. The number of hydrogen-bond acceptors (Lipinski definition) is 7. The summed E-state index contributed by atoms with van der Waals surface area (Å²) >= 11 is 1.53. The van der Waals surface area contributed by atoms with Crippen molar-refractivity contribution in [3.05, 3.63) is 69.7 Å². The molecule has 0 amide bonds. The van der Waals surface area contributed by atoms with Gasteiger partial charge in [-0.2, -0.15) is 0 Å². The number of aliphatic hydroxyl groups is 1. The van der Waals surface area contributed by atoms with Crippen molar-refractivity contribution in [3.63, 3.8) is 0 Å². The van der Waals surface area contributed by atoms with E-state index in [-0.39, 0.29) is 18.4 Å². The highest BCUT2D eigenvalue weighted by atomic mass is 32.1. The molecule has 3 aromatic rings. The number of ether oxygens (including phenoxy) is 1. The van der Waals surface area contributed by atoms with Crippen LogP contribution in [0.15, 0.2) is 48.5 Å². The molecule has 0 bridgehead atoms. The van der Waals surface area contributed by atoms with Crippen LogP contribution in [0.3, 0.4) is 0 Å². The van der Waals surface area contributed by atoms with Crippen LogP contribution in [0.1, 0.15) is 34.5 Å². The Morgan fingerprint density at radius 3 is 2.61 bits per heavy atom. The third kappa shape index (κ3) is 7.79. The molecule has 0 fully saturated rings. The largest absolute Gasteiger partial charge is 0.508 e. The second-order valence-electron chi connectivity index (χ2n) is 7.51. The summed E-state index contributed by atoms with van der Waals surface area (Å²) in [4.78, 5) is 0. The van der Waals surface area contributed by atoms with Gasteiger partial charge in [-0.1, -0.05) is 41.7 Å². The lowest BCUT2D eigenvalue weighted by molar-refractivity contribution is 0.104. The first-order chi connectivity index (χ1) is 15.0. The molecular weight excluding hydrogens is 410 g/mol. The van der Waals surface area contributed by atoms with Crippen molar-refractivity contribution in [2.75, 3.05) is 13.2 Å². The third-order valence-corrected chi connectivity index (χ3v) is 5.61. The number of para-hydroxylation sites is 1. The number of aromatic nitrogens is 2. The first-order valence-electron chi connectivity index (χ1n) is 10.4. The predicted molar refractivity (Wildman–Crippen MR) is 125 cm³/mol. The molecule has 7 heteroatoms. The van der Waals surface area contributed by atoms with Crippen LogP contribution in [-0.2, 0) is 6.42 Å². The lowest BCUT2D eigenvalue weighted by Gasteiger charge is -2.18. The molecule has 0 aliphatic heterocycles. The molecular formula is C24H29N3O3S. The van der Waals surface area contributed by atoms with Crippen molar-refractivity contribution in [1.29, 1.82) is 0 Å². The maximum atomic E-state index is 10.3. The normalized spacial score (nSPS) is 13.4. The van der Waals surface area contributed by atoms with E-state index in [1.807, 2.05) is 55.5 Å². The number of phenolic OH excluding ortho intramolecular Hbond substituents is 1. The zero-order chi connectivity index (χ0) is 22.1. The summed E-state index contributed by atoms with van der Waals surface area (Å²) in [6.07, 6.45) is 5.11. The number of rotatable bonds is 11. The van der Waals surface area contributed by atoms with E-state index in [0.717, 1.165) is 34.2 Å². The first kappa shape index (κ1) is 22.9. The van der Waals surface area contributed by atoms with Crippen LogP contribution >= 0.6 is 11.3 Å². The molecule has 0 aliphatic carbocycles. The van der Waals surface area contributed by atoms with E-state index >= 15 is 0 Å². The fourth-order valence-corrected chi connectivity index (χ4v) is 3.62. The SMILES string of the molecule is Cc1nnc(C=Cc2ccccc2OCC(O)CNC(C)CCc2ccc(O)cc2)s1. The second kappa shape index (κ2) is 11.6. The van der Waals surface area contributed by atoms with Crippen molar-refractivity contribution in [1.82, 2.24) is 15.5 Å². The number of aryl methyl sites for hydroxylation is 2. The molecule has 3 N–H and O–H groups in total. The molecule has 3 rings (SSSR count). The zero-order valence-corrected chi connectivity index (χ0v) is 18.7. The molecule has 164 valence electrons. The maximum Gasteiger partial charge on any atom is 0.140 e. The second-order valence-corrected chi connectivity index (χ2v) is 8.72. The Labute approximate surface area is 187 Å². The fraction of sp³-hybridized carbons (Fsp3) is 0.333. The minimum absolute atomic E-state index is 0.209. The Balaban J connectivity index is 1.42. The number of phenols is 1. The van der Waals surface area contributed by atoms with Gasteiger partial charge in [0, 0.05) is 18.2 Å². The van der Waals surface area contributed by atoms with Crippen LogP contribution in [0, 0.1) is 6.92 Å². The van der Waals surface area contributed by atoms with Gasteiger partial charge < -0.3 is 20.3 Å². The number of benzene rings is 2. The molecule has 6 nitrogen and oxygen atoms in total. The van der Waals surface area contributed by atoms with Gasteiger partial charge in [-0.25, -0.2) is 0 Å². The number of hydrogen-bond donors (Lipinski definition) is 3. The monoisotopic (exact) mass is 439 g/mol. The molecule has 31 heavy (non-hydrogen) atoms. The van der Waals surface area contributed by atoms with Crippen LogP contribution in [0.2, 0.25) is 0 Å². The summed E-state index contributed by atoms with van der Waals surface area (Å²) in [7, 11) is 0. The molecule has 1 heterocycles. The summed E-state index contributed by atoms with van der Waals surface area (Å²) in [6, 6.07) is 15.3. The van der Waals surface area contributed by atoms with Gasteiger partial charge in [0.25, 0.3) is 0 Å². The van der Waals surface area contributed by atoms with E-state index in [0.29, 0.717) is 6.54 Å². The summed E-state index contributed by atoms with van der Waals surface area (Å²) in [5.74, 6) is 1.00. The molecule has 0 saturated heterocycles. The Morgan fingerprint density at radius 2 is 1.87 bits per heavy atom. The van der Waals surface area contributed by atoms with Crippen molar-refractivity contribution >= 4 is 23.5 Å². The van der Waals surface area contributed by atoms with E-state index in [9.17, 15) is 10.2 Å². The minimum atomic E-state index is -0.612. The Morgan fingerprint density at radius 1 is 1.10 bits per heavy atom. The van der Waals surface area contributed by atoms with Crippen molar-refractivity contribution in [2.45, 2.75) is 38.8 Å². The molecule has 0 spiro atoms. The Kier molecular flexibility index (Phi) is 8.58. The van der Waals surface area contributed by atoms with E-state index in [1.54, 1.807) is 12.1 Å². The van der Waals surface area contributed by atoms with Gasteiger partial charge in [0.15, 0.2) is 0 Å². The van der Waals surface area contributed by atoms with E-state index < -0.39 is 6.10 Å². The summed E-state index contributed by atoms with van der Waals surface area (Å²) in [6.45, 7) is 4.69. The highest BCUT2D eigenvalue weighted by molar-refractivity contribution is 7.12. The highest BCUT2D eigenvalue weighted by Gasteiger charge is 2.10. The average Bonchev–Trinajstić information content (AvgIpc) is 3.20. The van der Waals surface area contributed by atoms with Crippen LogP contribution in [0.5, 0.6) is 11.5 Å². The Hall–Kier alpha value is -2.74. The van der Waals surface area contributed by atoms with E-state index in [1.165, 1.54) is 16.9 Å². The third-order valence-electron chi connectivity index (χ3n) is 4.80. The molecule has 0 radical (unpaired) electrons. The molecule has 0 saturated carbocycles. The van der Waals surface area contributed by atoms with Crippen molar-refractivity contribution in [3.8, 4) is 11.5 Å². The smallest absolute Gasteiger partial charge is 0.140 e. The first-order valence-corrected chi connectivity index (χ1v) is 11.2. The van der Waals surface area contributed by atoms with Gasteiger partial charge in [0.1, 0.15) is 34.2 Å². The number of nitrogens with zero attached hydrogens (tertiary/aromatic N) is 2. The lowest BCUT2D eigenvalue weighted by atomic mass is 10.1. The lowest BCUT2D eigenvalue weighted by Crippen LogP contribution is -2.36. The van der Waals surface area contributed by atoms with E-state index in [2.05, 4.69) is 22.4 Å². The quantitative estimate of drug-likeness (QED) is 0.417. The summed E-state index contributed by atoms with van der Waals surface area (Å²) < 4.78 is 5.87. The predicted octanol–water partition coefficient (Wildman–Crippen LogP) is 4.07. The van der Waals surface area contributed by atoms with Gasteiger partial charge in [-0.05, 0) is 62.6 Å². The van der Waals surface area contributed by atoms with Gasteiger partial charge in [-0.3, -0.25) is 0 Å². The van der Waals surface area contributed by atoms with Gasteiger partial charge in [0.05, 0.1) is 0 Å². The summed E-state index contributed by atoms with van der Waals surface area (Å²) in [5, 5.41) is 32.9. The molecule has 2 atom stereocenters. The fourth-order valence-electron chi connectivity index (χ4n) is 3.02. The standard InChI is InChI=1S/C24H29N3O3S/c1-17(7-8-19-9-12-21(28)13-10-19)25-15-22(29)16-30-23-6-4-3-5-20(23)11-14-24-27-26-18(2)31-24/h3-6,9-14,17,22,25,28-29H,7-8,15-16H2,1-2H3. The van der Waals surface area contributed by atoms with Crippen LogP contribution in [0.25, 0.3) is 12.2 Å². The van der Waals surface area contributed by atoms with Crippen LogP contribution in [-0.4, -0.2) is 45.7 Å². The van der Waals surface area contributed by atoms with Crippen LogP contribution < -0.4 is 10.1 Å². The van der Waals surface area contributed by atoms with Gasteiger partial charge in [-0.15, -0.1) is 10.2 Å². The molecule has 1 aromatic heterocycles. The van der Waals surface area contributed by atoms with Crippen molar-refractivity contribution in [2.24, 2.45) is 0 Å². The topological polar surface area (TPSA) is 87.5 Å². The van der Waals surface area contributed by atoms with Gasteiger partial charge >= 0.3 is 0 Å². The van der Waals surface area contributed by atoms with Crippen LogP contribution in [0.4, 0.5) is 0 Å². The van der Waals surface area contributed by atoms with E-state index in [4.69, 9.17) is 4.74 Å². The maximum absolute atomic E-state index is 10.3. The summed E-state index contributed by atoms with van der Waals surface area (Å²) in [5.41, 5.74) is 2.11.